The van der Waals surface area contributed by atoms with E-state index in [0.29, 0.717) is 24.6 Å². The van der Waals surface area contributed by atoms with Crippen molar-refractivity contribution in [3.8, 4) is 11.1 Å². The van der Waals surface area contributed by atoms with Gasteiger partial charge in [0.25, 0.3) is 5.91 Å². The Kier molecular flexibility index (Phi) is 10.0. The number of sulfonamides is 1. The fourth-order valence-electron chi connectivity index (χ4n) is 4.59. The van der Waals surface area contributed by atoms with Crippen molar-refractivity contribution in [2.75, 3.05) is 30.7 Å². The van der Waals surface area contributed by atoms with E-state index in [1.807, 2.05) is 24.4 Å². The summed E-state index contributed by atoms with van der Waals surface area (Å²) in [6.45, 7) is 7.78. The van der Waals surface area contributed by atoms with Gasteiger partial charge in [0.2, 0.25) is 10.0 Å². The Morgan fingerprint density at radius 3 is 2.37 bits per heavy atom. The molecule has 1 amide bonds. The lowest BCUT2D eigenvalue weighted by Gasteiger charge is -2.31. The Bertz CT molecular complexity index is 1500. The standard InChI is InChI=1S/C25H33N5O3S.C2HF3O2/c1-4-34(32,33)30-9-6-17(7-10-30)22-15-29-24-20(22)11-19(12-21(24)25(26)31)18-5-8-27-23(13-18)28-14-16(2)3;3-2(4,5)1(6)7/h5,8,11-13,15-17,29H,4,6-7,9-10,14H2,1-3H3,(H2,26,31)(H,27,28);(H,6,7). The molecular formula is C27H34F3N5O5S. The number of hydrogen-bond acceptors (Lipinski definition) is 6. The van der Waals surface area contributed by atoms with Crippen LogP contribution in [-0.2, 0) is 14.8 Å². The van der Waals surface area contributed by atoms with Crippen LogP contribution < -0.4 is 11.1 Å². The molecule has 1 aromatic carbocycles. The van der Waals surface area contributed by atoms with Gasteiger partial charge in [0.05, 0.1) is 16.8 Å². The summed E-state index contributed by atoms with van der Waals surface area (Å²) in [6.07, 6.45) is 0.0907. The van der Waals surface area contributed by atoms with Crippen LogP contribution in [0.15, 0.2) is 36.7 Å². The molecule has 4 rings (SSSR count). The maximum absolute atomic E-state index is 12.3. The van der Waals surface area contributed by atoms with Crippen molar-refractivity contribution in [1.29, 1.82) is 0 Å². The fourth-order valence-corrected chi connectivity index (χ4v) is 5.73. The highest BCUT2D eigenvalue weighted by molar-refractivity contribution is 7.89. The number of pyridine rings is 1. The van der Waals surface area contributed by atoms with Gasteiger partial charge in [0, 0.05) is 37.4 Å². The van der Waals surface area contributed by atoms with Gasteiger partial charge in [0.15, 0.2) is 0 Å². The molecule has 14 heteroatoms. The maximum atomic E-state index is 12.3. The molecule has 0 saturated carbocycles. The smallest absolute Gasteiger partial charge is 0.475 e. The monoisotopic (exact) mass is 597 g/mol. The SMILES string of the molecule is CCS(=O)(=O)N1CCC(c2c[nH]c3c(C(N)=O)cc(-c4ccnc(NCC(C)C)c4)cc23)CC1.O=C(O)C(F)(F)F. The number of carbonyl (C=O) groups is 2. The summed E-state index contributed by atoms with van der Waals surface area (Å²) in [6, 6.07) is 7.81. The number of carboxylic acids is 1. The molecule has 0 radical (unpaired) electrons. The zero-order valence-electron chi connectivity index (χ0n) is 23.0. The first kappa shape index (κ1) is 31.9. The number of nitrogens with one attached hydrogen (secondary N) is 2. The Morgan fingerprint density at radius 2 is 1.83 bits per heavy atom. The van der Waals surface area contributed by atoms with Gasteiger partial charge in [-0.25, -0.2) is 22.5 Å². The summed E-state index contributed by atoms with van der Waals surface area (Å²) < 4.78 is 57.8. The average molecular weight is 598 g/mol. The average Bonchev–Trinajstić information content (AvgIpc) is 3.35. The Balaban J connectivity index is 0.000000587. The predicted octanol–water partition coefficient (Wildman–Crippen LogP) is 4.56. The number of aliphatic carboxylic acids is 1. The second-order valence-corrected chi connectivity index (χ2v) is 12.4. The number of halogens is 3. The van der Waals surface area contributed by atoms with Crippen molar-refractivity contribution >= 4 is 38.6 Å². The van der Waals surface area contributed by atoms with Gasteiger partial charge in [-0.3, -0.25) is 4.79 Å². The largest absolute Gasteiger partial charge is 0.490 e. The Morgan fingerprint density at radius 1 is 1.20 bits per heavy atom. The van der Waals surface area contributed by atoms with Crippen LogP contribution in [0.4, 0.5) is 19.0 Å². The molecule has 41 heavy (non-hydrogen) atoms. The number of piperidine rings is 1. The number of aromatic nitrogens is 2. The van der Waals surface area contributed by atoms with E-state index in [0.717, 1.165) is 52.8 Å². The third kappa shape index (κ3) is 7.97. The number of primary amides is 1. The van der Waals surface area contributed by atoms with E-state index in [-0.39, 0.29) is 11.7 Å². The van der Waals surface area contributed by atoms with Crippen LogP contribution in [0, 0.1) is 5.92 Å². The summed E-state index contributed by atoms with van der Waals surface area (Å²) in [5, 5.41) is 11.4. The van der Waals surface area contributed by atoms with Gasteiger partial charge in [-0.2, -0.15) is 13.2 Å². The van der Waals surface area contributed by atoms with E-state index >= 15 is 0 Å². The van der Waals surface area contributed by atoms with Gasteiger partial charge >= 0.3 is 12.1 Å². The van der Waals surface area contributed by atoms with Crippen LogP contribution in [0.2, 0.25) is 0 Å². The summed E-state index contributed by atoms with van der Waals surface area (Å²) in [5.74, 6) is -1.65. The van der Waals surface area contributed by atoms with Crippen LogP contribution in [-0.4, -0.2) is 71.2 Å². The molecule has 10 nitrogen and oxygen atoms in total. The minimum absolute atomic E-state index is 0.121. The Hall–Kier alpha value is -3.65. The molecule has 5 N–H and O–H groups in total. The summed E-state index contributed by atoms with van der Waals surface area (Å²) in [4.78, 5) is 28.9. The third-order valence-corrected chi connectivity index (χ3v) is 8.65. The fraction of sp³-hybridized carbons (Fsp3) is 0.444. The van der Waals surface area contributed by atoms with Crippen molar-refractivity contribution in [3.63, 3.8) is 0 Å². The molecule has 0 aliphatic carbocycles. The first-order valence-corrected chi connectivity index (χ1v) is 14.7. The minimum atomic E-state index is -5.08. The number of rotatable bonds is 8. The summed E-state index contributed by atoms with van der Waals surface area (Å²) >= 11 is 0. The number of amides is 1. The quantitative estimate of drug-likeness (QED) is 0.296. The molecule has 3 heterocycles. The van der Waals surface area contributed by atoms with Crippen molar-refractivity contribution in [3.05, 3.63) is 47.8 Å². The molecular weight excluding hydrogens is 563 g/mol. The number of benzene rings is 1. The third-order valence-electron chi connectivity index (χ3n) is 6.77. The second-order valence-electron chi connectivity index (χ2n) is 10.1. The number of nitrogens with two attached hydrogens (primary N) is 1. The van der Waals surface area contributed by atoms with Crippen molar-refractivity contribution in [2.24, 2.45) is 11.7 Å². The highest BCUT2D eigenvalue weighted by atomic mass is 32.2. The van der Waals surface area contributed by atoms with Crippen LogP contribution in [0.1, 0.15) is 55.5 Å². The maximum Gasteiger partial charge on any atom is 0.490 e. The number of H-pyrrole nitrogens is 1. The number of aromatic amines is 1. The number of carboxylic acid groups (broad SMARTS) is 1. The molecule has 1 aliphatic heterocycles. The topological polar surface area (TPSA) is 158 Å². The lowest BCUT2D eigenvalue weighted by molar-refractivity contribution is -0.192. The molecule has 0 spiro atoms. The van der Waals surface area contributed by atoms with E-state index in [9.17, 15) is 26.4 Å². The zero-order valence-corrected chi connectivity index (χ0v) is 23.8. The van der Waals surface area contributed by atoms with E-state index in [4.69, 9.17) is 15.6 Å². The van der Waals surface area contributed by atoms with Gasteiger partial charge in [-0.1, -0.05) is 13.8 Å². The van der Waals surface area contributed by atoms with E-state index in [2.05, 4.69) is 35.2 Å². The molecule has 1 fully saturated rings. The number of fused-ring (bicyclic) bond motifs is 1. The van der Waals surface area contributed by atoms with Crippen molar-refractivity contribution < 1.29 is 36.3 Å². The van der Waals surface area contributed by atoms with Crippen LogP contribution in [0.25, 0.3) is 22.0 Å². The Labute approximate surface area is 236 Å². The molecule has 1 aliphatic rings. The van der Waals surface area contributed by atoms with E-state index in [1.54, 1.807) is 17.4 Å². The number of hydrogen-bond donors (Lipinski definition) is 4. The van der Waals surface area contributed by atoms with Crippen molar-refractivity contribution in [1.82, 2.24) is 14.3 Å². The molecule has 0 bridgehead atoms. The highest BCUT2D eigenvalue weighted by Crippen LogP contribution is 2.37. The molecule has 2 aromatic heterocycles. The number of alkyl halides is 3. The predicted molar refractivity (Wildman–Crippen MR) is 150 cm³/mol. The number of nitrogens with zero attached hydrogens (tertiary/aromatic N) is 2. The highest BCUT2D eigenvalue weighted by Gasteiger charge is 2.38. The van der Waals surface area contributed by atoms with E-state index in [1.165, 1.54) is 0 Å². The first-order chi connectivity index (χ1) is 19.1. The normalized spacial score (nSPS) is 15.0. The van der Waals surface area contributed by atoms with Gasteiger partial charge in [0.1, 0.15) is 5.82 Å². The number of anilines is 1. The molecule has 0 unspecified atom stereocenters. The van der Waals surface area contributed by atoms with Crippen molar-refractivity contribution in [2.45, 2.75) is 45.7 Å². The molecule has 1 saturated heterocycles. The van der Waals surface area contributed by atoms with Crippen LogP contribution >= 0.6 is 0 Å². The lowest BCUT2D eigenvalue weighted by atomic mass is 9.88. The summed E-state index contributed by atoms with van der Waals surface area (Å²) in [5.41, 5.74) is 9.85. The first-order valence-electron chi connectivity index (χ1n) is 13.1. The molecule has 3 aromatic rings. The van der Waals surface area contributed by atoms with Gasteiger partial charge < -0.3 is 21.1 Å². The van der Waals surface area contributed by atoms with Crippen LogP contribution in [0.5, 0.6) is 0 Å². The second kappa shape index (κ2) is 12.9. The lowest BCUT2D eigenvalue weighted by Crippen LogP contribution is -2.38. The zero-order chi connectivity index (χ0) is 30.5. The van der Waals surface area contributed by atoms with Gasteiger partial charge in [-0.15, -0.1) is 0 Å². The van der Waals surface area contributed by atoms with Crippen LogP contribution in [0.3, 0.4) is 0 Å². The summed E-state index contributed by atoms with van der Waals surface area (Å²) in [7, 11) is -3.18. The van der Waals surface area contributed by atoms with Gasteiger partial charge in [-0.05, 0) is 72.6 Å². The number of carbonyl (C=O) groups excluding carboxylic acids is 1. The minimum Gasteiger partial charge on any atom is -0.475 e. The molecule has 0 atom stereocenters. The molecule has 224 valence electrons. The van der Waals surface area contributed by atoms with E-state index < -0.39 is 28.1 Å².